The summed E-state index contributed by atoms with van der Waals surface area (Å²) in [6.45, 7) is 0. The smallest absolute Gasteiger partial charge is 0.251 e. The molecular formula is C22H26N6O. The second-order valence-corrected chi connectivity index (χ2v) is 7.53. The number of amides is 1. The molecule has 150 valence electrons. The predicted molar refractivity (Wildman–Crippen MR) is 117 cm³/mol. The largest absolute Gasteiger partial charge is 0.369 e. The van der Waals surface area contributed by atoms with E-state index in [1.54, 1.807) is 13.1 Å². The van der Waals surface area contributed by atoms with Crippen LogP contribution in [-0.2, 0) is 0 Å². The lowest BCUT2D eigenvalue weighted by atomic mass is 9.87. The summed E-state index contributed by atoms with van der Waals surface area (Å²) in [6.07, 6.45) is 5.18. The number of guanidine groups is 2. The number of benzene rings is 2. The molecule has 1 amide bonds. The Kier molecular flexibility index (Phi) is 4.96. The number of carbonyl (C=O) groups is 1. The van der Waals surface area contributed by atoms with Crippen molar-refractivity contribution in [1.82, 2.24) is 5.32 Å². The number of nitrogens with zero attached hydrogens (tertiary/aromatic N) is 3. The lowest BCUT2D eigenvalue weighted by Gasteiger charge is -2.45. The first-order valence-corrected chi connectivity index (χ1v) is 9.95. The molecule has 1 spiro atoms. The van der Waals surface area contributed by atoms with E-state index < -0.39 is 5.66 Å². The van der Waals surface area contributed by atoms with Crippen LogP contribution in [0.4, 0.5) is 5.69 Å². The summed E-state index contributed by atoms with van der Waals surface area (Å²) in [7, 11) is 1.63. The van der Waals surface area contributed by atoms with E-state index in [0.717, 1.165) is 42.5 Å². The minimum absolute atomic E-state index is 0.101. The maximum Gasteiger partial charge on any atom is 0.251 e. The number of nitrogens with two attached hydrogens (primary N) is 2. The van der Waals surface area contributed by atoms with E-state index in [4.69, 9.17) is 16.5 Å². The number of aliphatic imine (C=N–C) groups is 2. The molecule has 0 saturated heterocycles. The Labute approximate surface area is 170 Å². The monoisotopic (exact) mass is 390 g/mol. The van der Waals surface area contributed by atoms with Crippen LogP contribution in [0.1, 0.15) is 42.5 Å². The zero-order valence-corrected chi connectivity index (χ0v) is 16.6. The van der Waals surface area contributed by atoms with E-state index in [2.05, 4.69) is 10.3 Å². The molecule has 5 N–H and O–H groups in total. The lowest BCUT2D eigenvalue weighted by molar-refractivity contribution is 0.0963. The van der Waals surface area contributed by atoms with E-state index in [-0.39, 0.29) is 11.9 Å². The summed E-state index contributed by atoms with van der Waals surface area (Å²) < 4.78 is 0. The molecule has 2 aromatic carbocycles. The van der Waals surface area contributed by atoms with Crippen molar-refractivity contribution in [3.05, 3.63) is 54.1 Å². The Morgan fingerprint density at radius 2 is 1.76 bits per heavy atom. The summed E-state index contributed by atoms with van der Waals surface area (Å²) in [5, 5.41) is 2.66. The van der Waals surface area contributed by atoms with Gasteiger partial charge in [0.25, 0.3) is 5.91 Å². The van der Waals surface area contributed by atoms with Crippen LogP contribution >= 0.6 is 0 Å². The molecule has 7 nitrogen and oxygen atoms in total. The van der Waals surface area contributed by atoms with Gasteiger partial charge in [0.05, 0.1) is 0 Å². The number of nitrogens with one attached hydrogen (secondary N) is 1. The molecule has 2 aromatic rings. The molecule has 0 bridgehead atoms. The highest BCUT2D eigenvalue weighted by atomic mass is 16.1. The summed E-state index contributed by atoms with van der Waals surface area (Å²) in [5.74, 6) is 0.535. The van der Waals surface area contributed by atoms with Crippen LogP contribution in [0.2, 0.25) is 0 Å². The highest BCUT2D eigenvalue weighted by Crippen LogP contribution is 2.39. The maximum absolute atomic E-state index is 11.9. The first kappa shape index (κ1) is 19.0. The number of anilines is 1. The van der Waals surface area contributed by atoms with Crippen molar-refractivity contribution in [2.24, 2.45) is 21.5 Å². The minimum atomic E-state index is -0.450. The van der Waals surface area contributed by atoms with Gasteiger partial charge in [-0.3, -0.25) is 9.69 Å². The fourth-order valence-electron chi connectivity index (χ4n) is 4.28. The maximum atomic E-state index is 11.9. The van der Waals surface area contributed by atoms with Gasteiger partial charge in [-0.1, -0.05) is 30.7 Å². The molecule has 0 atom stereocenters. The van der Waals surface area contributed by atoms with Crippen LogP contribution in [0.5, 0.6) is 0 Å². The van der Waals surface area contributed by atoms with E-state index in [0.29, 0.717) is 11.5 Å². The van der Waals surface area contributed by atoms with Crippen LogP contribution < -0.4 is 21.7 Å². The van der Waals surface area contributed by atoms with Crippen molar-refractivity contribution < 1.29 is 4.79 Å². The topological polar surface area (TPSA) is 109 Å². The number of rotatable bonds is 3. The van der Waals surface area contributed by atoms with Crippen LogP contribution in [-0.4, -0.2) is 30.5 Å². The lowest BCUT2D eigenvalue weighted by Crippen LogP contribution is -2.58. The van der Waals surface area contributed by atoms with Gasteiger partial charge < -0.3 is 16.8 Å². The quantitative estimate of drug-likeness (QED) is 0.748. The highest BCUT2D eigenvalue weighted by molar-refractivity contribution is 6.05. The Morgan fingerprint density at radius 3 is 2.45 bits per heavy atom. The SMILES string of the molecule is CNC(=O)c1cccc(-c2ccc(N3C(N)=NC(N)=NC34CCCCC4)cc2)c1. The second-order valence-electron chi connectivity index (χ2n) is 7.53. The van der Waals surface area contributed by atoms with Gasteiger partial charge in [-0.25, -0.2) is 4.99 Å². The van der Waals surface area contributed by atoms with E-state index >= 15 is 0 Å². The van der Waals surface area contributed by atoms with Crippen molar-refractivity contribution in [3.8, 4) is 11.1 Å². The van der Waals surface area contributed by atoms with Gasteiger partial charge >= 0.3 is 0 Å². The molecule has 1 fully saturated rings. The van der Waals surface area contributed by atoms with E-state index in [9.17, 15) is 4.79 Å². The van der Waals surface area contributed by atoms with Gasteiger partial charge in [-0.15, -0.1) is 0 Å². The molecule has 0 unspecified atom stereocenters. The molecule has 7 heteroatoms. The minimum Gasteiger partial charge on any atom is -0.369 e. The number of carbonyl (C=O) groups excluding carboxylic acids is 1. The van der Waals surface area contributed by atoms with Crippen molar-refractivity contribution in [2.45, 2.75) is 37.8 Å². The van der Waals surface area contributed by atoms with Gasteiger partial charge in [-0.2, -0.15) is 4.99 Å². The Morgan fingerprint density at radius 1 is 1.03 bits per heavy atom. The zero-order chi connectivity index (χ0) is 20.4. The van der Waals surface area contributed by atoms with Crippen LogP contribution in [0.15, 0.2) is 58.5 Å². The fourth-order valence-corrected chi connectivity index (χ4v) is 4.28. The van der Waals surface area contributed by atoms with Crippen LogP contribution in [0.25, 0.3) is 11.1 Å². The van der Waals surface area contributed by atoms with Crippen molar-refractivity contribution >= 4 is 23.5 Å². The average molecular weight is 390 g/mol. The van der Waals surface area contributed by atoms with E-state index in [1.807, 2.05) is 47.4 Å². The molecule has 0 aromatic heterocycles. The molecule has 1 heterocycles. The summed E-state index contributed by atoms with van der Waals surface area (Å²) in [4.78, 5) is 22.9. The summed E-state index contributed by atoms with van der Waals surface area (Å²) >= 11 is 0. The van der Waals surface area contributed by atoms with Gasteiger partial charge in [0.1, 0.15) is 5.66 Å². The van der Waals surface area contributed by atoms with Crippen LogP contribution in [0.3, 0.4) is 0 Å². The molecule has 1 aliphatic carbocycles. The number of hydrogen-bond donors (Lipinski definition) is 3. The van der Waals surface area contributed by atoms with E-state index in [1.165, 1.54) is 6.42 Å². The molecule has 2 aliphatic rings. The molecule has 4 rings (SSSR count). The van der Waals surface area contributed by atoms with Gasteiger partial charge in [0.15, 0.2) is 0 Å². The third-order valence-corrected chi connectivity index (χ3v) is 5.66. The molecule has 0 radical (unpaired) electrons. The Hall–Kier alpha value is -3.35. The Balaban J connectivity index is 1.67. The average Bonchev–Trinajstić information content (AvgIpc) is 2.73. The zero-order valence-electron chi connectivity index (χ0n) is 16.6. The molecule has 1 aliphatic heterocycles. The predicted octanol–water partition coefficient (Wildman–Crippen LogP) is 2.82. The van der Waals surface area contributed by atoms with Gasteiger partial charge in [-0.05, 0) is 61.1 Å². The van der Waals surface area contributed by atoms with Crippen LogP contribution in [0, 0.1) is 0 Å². The number of hydrogen-bond acceptors (Lipinski definition) is 6. The normalized spacial score (nSPS) is 18.2. The van der Waals surface area contributed by atoms with Gasteiger partial charge in [0.2, 0.25) is 11.9 Å². The third kappa shape index (κ3) is 3.55. The second kappa shape index (κ2) is 7.58. The first-order valence-electron chi connectivity index (χ1n) is 9.95. The third-order valence-electron chi connectivity index (χ3n) is 5.66. The van der Waals surface area contributed by atoms with Gasteiger partial charge in [0, 0.05) is 18.3 Å². The summed E-state index contributed by atoms with van der Waals surface area (Å²) in [5.41, 5.74) is 15.4. The van der Waals surface area contributed by atoms with Crippen molar-refractivity contribution in [2.75, 3.05) is 11.9 Å². The molecule has 1 saturated carbocycles. The first-order chi connectivity index (χ1) is 14.0. The fraction of sp³-hybridized carbons (Fsp3) is 0.318. The standard InChI is InChI=1S/C22H26N6O/c1-25-19(29)17-7-5-6-16(14-17)15-8-10-18(11-9-15)28-21(24)26-20(23)27-22(28)12-3-2-4-13-22/h5-11,14H,2-4,12-13H2,1H3,(H,25,29)(H4,23,24,26,27). The molecule has 29 heavy (non-hydrogen) atoms. The highest BCUT2D eigenvalue weighted by Gasteiger charge is 2.42. The Bertz CT molecular complexity index is 973. The molecular weight excluding hydrogens is 364 g/mol. The summed E-state index contributed by atoms with van der Waals surface area (Å²) in [6, 6.07) is 15.7. The van der Waals surface area contributed by atoms with Crippen molar-refractivity contribution in [1.29, 1.82) is 0 Å². The van der Waals surface area contributed by atoms with Crippen molar-refractivity contribution in [3.63, 3.8) is 0 Å².